The molecule has 1 fully saturated rings. The lowest BCUT2D eigenvalue weighted by atomic mass is 9.74. The van der Waals surface area contributed by atoms with Crippen molar-refractivity contribution in [1.82, 2.24) is 14.7 Å². The molecule has 1 aliphatic heterocycles. The summed E-state index contributed by atoms with van der Waals surface area (Å²) < 4.78 is 77.1. The topological polar surface area (TPSA) is 283 Å². The van der Waals surface area contributed by atoms with Gasteiger partial charge in [0, 0.05) is 18.7 Å². The van der Waals surface area contributed by atoms with Gasteiger partial charge in [0.25, 0.3) is 12.0 Å². The van der Waals surface area contributed by atoms with E-state index in [4.69, 9.17) is 35.5 Å². The number of Topliss-reactive ketones (excluding diaryl/α,β-unsaturated/α-hetero) is 1. The summed E-state index contributed by atoms with van der Waals surface area (Å²) in [4.78, 5) is 56.1. The Labute approximate surface area is 315 Å². The average molecular weight is 822 g/mol. The van der Waals surface area contributed by atoms with Gasteiger partial charge in [-0.3, -0.25) is 14.1 Å². The zero-order valence-electron chi connectivity index (χ0n) is 29.9. The van der Waals surface area contributed by atoms with Crippen molar-refractivity contribution in [2.75, 3.05) is 18.9 Å². The van der Waals surface area contributed by atoms with Crippen LogP contribution in [0.3, 0.4) is 0 Å². The summed E-state index contributed by atoms with van der Waals surface area (Å²) in [6, 6.07) is 7.13. The Morgan fingerprint density at radius 2 is 1.80 bits per heavy atom. The van der Waals surface area contributed by atoms with Crippen molar-refractivity contribution < 1.29 is 74.1 Å². The van der Waals surface area contributed by atoms with Gasteiger partial charge in [-0.1, -0.05) is 17.3 Å². The van der Waals surface area contributed by atoms with E-state index in [0.29, 0.717) is 17.4 Å². The first kappa shape index (κ1) is 44.2. The summed E-state index contributed by atoms with van der Waals surface area (Å²) in [5.41, 5.74) is 13.8. The van der Waals surface area contributed by atoms with E-state index in [9.17, 15) is 41.1 Å². The number of anilines is 1. The number of hydrogen-bond acceptors (Lipinski definition) is 15. The normalized spacial score (nSPS) is 16.1. The molecule has 0 saturated carbocycles. The number of hydroxylamine groups is 2. The van der Waals surface area contributed by atoms with Gasteiger partial charge >= 0.3 is 22.5 Å². The number of hydrogen-bond donors (Lipinski definition) is 4. The molecule has 19 nitrogen and oxygen atoms in total. The zero-order valence-corrected chi connectivity index (χ0v) is 31.5. The number of carboxylic acids is 2. The molecule has 0 aliphatic carbocycles. The van der Waals surface area contributed by atoms with Crippen LogP contribution in [0.4, 0.5) is 18.3 Å². The lowest BCUT2D eigenvalue weighted by Crippen LogP contribution is -2.68. The quantitative estimate of drug-likeness (QED) is 0.0502. The van der Waals surface area contributed by atoms with Gasteiger partial charge in [0.15, 0.2) is 23.7 Å². The maximum absolute atomic E-state index is 13.4. The fourth-order valence-corrected chi connectivity index (χ4v) is 6.38. The lowest BCUT2D eigenvalue weighted by Gasteiger charge is -2.50. The number of aromatic nitrogens is 3. The first-order chi connectivity index (χ1) is 25.4. The van der Waals surface area contributed by atoms with Crippen LogP contribution in [0.25, 0.3) is 11.1 Å². The van der Waals surface area contributed by atoms with Crippen molar-refractivity contribution in [2.45, 2.75) is 64.9 Å². The van der Waals surface area contributed by atoms with Crippen LogP contribution in [0.1, 0.15) is 43.8 Å². The molecular formula is C31H38F3N7O12S2. The van der Waals surface area contributed by atoms with Crippen LogP contribution >= 0.6 is 11.3 Å². The Morgan fingerprint density at radius 1 is 1.20 bits per heavy atom. The summed E-state index contributed by atoms with van der Waals surface area (Å²) in [5, 5.41) is 24.3. The molecule has 1 aliphatic rings. The number of nitrogen functional groups attached to an aromatic ring is 1. The molecule has 1 saturated heterocycles. The second kappa shape index (κ2) is 17.5. The van der Waals surface area contributed by atoms with Crippen molar-refractivity contribution in [3.05, 3.63) is 46.7 Å². The SMILES string of the molecule is Cc1c(-c2ccc(OC[C@H](O/N=C(\C(=O)C[C@@H]3C(=O)N(OS(=O)(=O)O)C3(C)C)c3csc(N)n3)C(=O)O)cc2)c(C)[n+](C)n1CCCN.O=C([O-])C(F)(F)F. The van der Waals surface area contributed by atoms with Crippen LogP contribution < -0.4 is 26.0 Å². The number of nitrogens with two attached hydrogens (primary N) is 2. The number of ether oxygens (including phenoxy) is 1. The summed E-state index contributed by atoms with van der Waals surface area (Å²) in [7, 11) is -3.00. The third kappa shape index (κ3) is 11.0. The molecule has 302 valence electrons. The molecule has 3 heterocycles. The number of rotatable bonds is 16. The van der Waals surface area contributed by atoms with Crippen molar-refractivity contribution in [1.29, 1.82) is 0 Å². The van der Waals surface area contributed by atoms with Gasteiger partial charge in [-0.25, -0.2) is 9.78 Å². The van der Waals surface area contributed by atoms with Crippen LogP contribution in [0, 0.1) is 19.8 Å². The Morgan fingerprint density at radius 3 is 2.27 bits per heavy atom. The number of carbonyl (C=O) groups excluding carboxylic acids is 3. The highest BCUT2D eigenvalue weighted by Crippen LogP contribution is 2.40. The lowest BCUT2D eigenvalue weighted by molar-refractivity contribution is -0.759. The number of carboxylic acid groups (broad SMARTS) is 2. The summed E-state index contributed by atoms with van der Waals surface area (Å²) in [5.74, 6) is -6.79. The second-order valence-electron chi connectivity index (χ2n) is 12.4. The van der Waals surface area contributed by atoms with Crippen LogP contribution in [0.5, 0.6) is 5.75 Å². The molecule has 24 heteroatoms. The van der Waals surface area contributed by atoms with Gasteiger partial charge in [-0.15, -0.1) is 20.3 Å². The number of benzene rings is 1. The first-order valence-corrected chi connectivity index (χ1v) is 18.1. The van der Waals surface area contributed by atoms with E-state index in [0.717, 1.165) is 46.8 Å². The van der Waals surface area contributed by atoms with Crippen molar-refractivity contribution >= 4 is 56.2 Å². The van der Waals surface area contributed by atoms with Gasteiger partial charge in [-0.2, -0.15) is 31.3 Å². The number of alkyl halides is 3. The first-order valence-electron chi connectivity index (χ1n) is 15.9. The minimum atomic E-state index is -5.19. The Hall–Kier alpha value is -5.17. The molecule has 0 spiro atoms. The van der Waals surface area contributed by atoms with Crippen LogP contribution in [0.2, 0.25) is 0 Å². The van der Waals surface area contributed by atoms with E-state index in [2.05, 4.69) is 23.8 Å². The molecular weight excluding hydrogens is 784 g/mol. The number of nitrogens with zero attached hydrogens (tertiary/aromatic N) is 5. The minimum Gasteiger partial charge on any atom is -0.542 e. The van der Waals surface area contributed by atoms with E-state index in [-0.39, 0.29) is 10.8 Å². The molecule has 1 amide bonds. The Kier molecular flexibility index (Phi) is 14.1. The molecule has 6 N–H and O–H groups in total. The highest BCUT2D eigenvalue weighted by atomic mass is 32.3. The smallest absolute Gasteiger partial charge is 0.430 e. The van der Waals surface area contributed by atoms with Crippen molar-refractivity contribution in [3.63, 3.8) is 0 Å². The van der Waals surface area contributed by atoms with Crippen LogP contribution in [0.15, 0.2) is 34.8 Å². The highest BCUT2D eigenvalue weighted by molar-refractivity contribution is 7.80. The number of aliphatic carboxylic acids is 2. The summed E-state index contributed by atoms with van der Waals surface area (Å²) in [6.45, 7) is 7.81. The van der Waals surface area contributed by atoms with E-state index in [1.807, 2.05) is 33.0 Å². The molecule has 0 radical (unpaired) electrons. The van der Waals surface area contributed by atoms with Gasteiger partial charge in [0.1, 0.15) is 24.0 Å². The molecule has 3 aromatic rings. The zero-order chi connectivity index (χ0) is 41.6. The fraction of sp³-hybridized carbons (Fsp3) is 0.452. The van der Waals surface area contributed by atoms with E-state index >= 15 is 0 Å². The molecule has 2 aromatic heterocycles. The van der Waals surface area contributed by atoms with Gasteiger partial charge in [0.05, 0.1) is 29.3 Å². The molecule has 0 bridgehead atoms. The average Bonchev–Trinajstić information content (AvgIpc) is 3.61. The van der Waals surface area contributed by atoms with E-state index in [1.165, 1.54) is 19.2 Å². The standard InChI is InChI=1S/C29H37N7O10S2.C2HF3O2/c1-16-24(17(2)35(34(16)5)12-6-11-30)18-7-9-19(10-8-18)44-14-23(27(39)40)45-33-25(21-15-47-28(31)32-21)22(37)13-20-26(38)36(29(20,3)4)46-48(41,42)43;3-2(4,5)1(6)7/h7-10,15,20,23H,6,11-14,30H2,1-5H3,(H3-,31,32,39,40,41,42,43);(H,6,7)/b33-25-;/t20-,23+;/m1./s1. The Bertz CT molecular complexity index is 2050. The third-order valence-electron chi connectivity index (χ3n) is 8.32. The highest BCUT2D eigenvalue weighted by Gasteiger charge is 2.57. The third-order valence-corrected chi connectivity index (χ3v) is 9.33. The van der Waals surface area contributed by atoms with Gasteiger partial charge in [0.2, 0.25) is 5.69 Å². The Balaban J connectivity index is 0.00000106. The van der Waals surface area contributed by atoms with Gasteiger partial charge in [-0.05, 0) is 51.4 Å². The minimum absolute atomic E-state index is 0.0189. The van der Waals surface area contributed by atoms with Crippen LogP contribution in [-0.4, -0.2) is 93.1 Å². The molecule has 1 aromatic carbocycles. The number of thiazole rings is 1. The van der Waals surface area contributed by atoms with Crippen molar-refractivity contribution in [2.24, 2.45) is 23.9 Å². The summed E-state index contributed by atoms with van der Waals surface area (Å²) >= 11 is 0.990. The number of oxime groups is 1. The number of β-lactam (4-membered cyclic amide) rings is 1. The number of halogens is 3. The second-order valence-corrected chi connectivity index (χ2v) is 14.3. The predicted octanol–water partition coefficient (Wildman–Crippen LogP) is 0.466. The fourth-order valence-electron chi connectivity index (χ4n) is 5.37. The monoisotopic (exact) mass is 821 g/mol. The number of carbonyl (C=O) groups is 4. The van der Waals surface area contributed by atoms with Crippen LogP contribution in [-0.2, 0) is 52.3 Å². The largest absolute Gasteiger partial charge is 0.542 e. The molecule has 55 heavy (non-hydrogen) atoms. The predicted molar refractivity (Wildman–Crippen MR) is 183 cm³/mol. The maximum atomic E-state index is 13.4. The molecule has 2 atom stereocenters. The number of ketones is 1. The number of amides is 1. The van der Waals surface area contributed by atoms with Crippen molar-refractivity contribution in [3.8, 4) is 16.9 Å². The van der Waals surface area contributed by atoms with E-state index < -0.39 is 76.5 Å². The molecule has 0 unspecified atom stereocenters. The molecule has 4 rings (SSSR count). The summed E-state index contributed by atoms with van der Waals surface area (Å²) in [6.07, 6.45) is -6.50. The van der Waals surface area contributed by atoms with E-state index in [1.54, 1.807) is 12.1 Å². The maximum Gasteiger partial charge on any atom is 0.430 e. The van der Waals surface area contributed by atoms with Gasteiger partial charge < -0.3 is 36.0 Å².